The van der Waals surface area contributed by atoms with Gasteiger partial charge in [-0.05, 0) is 0 Å². The van der Waals surface area contributed by atoms with Crippen molar-refractivity contribution in [3.8, 4) is 0 Å². The number of hydrogen-bond acceptors (Lipinski definition) is 2. The molecule has 0 bridgehead atoms. The van der Waals surface area contributed by atoms with E-state index in [9.17, 15) is 0 Å². The summed E-state index contributed by atoms with van der Waals surface area (Å²) in [5.74, 6) is 0. The minimum absolute atomic E-state index is 0. The van der Waals surface area contributed by atoms with E-state index in [4.69, 9.17) is 19.4 Å². The van der Waals surface area contributed by atoms with E-state index in [-0.39, 0.29) is 7.43 Å². The predicted octanol–water partition coefficient (Wildman–Crippen LogP) is 6.40. The van der Waals surface area contributed by atoms with Gasteiger partial charge < -0.3 is 7.43 Å². The van der Waals surface area contributed by atoms with Gasteiger partial charge in [-0.25, -0.2) is 0 Å². The first-order valence-electron chi connectivity index (χ1n) is 9.14. The molecule has 2 aromatic carbocycles. The number of rotatable bonds is 4. The molecule has 2 aromatic rings. The summed E-state index contributed by atoms with van der Waals surface area (Å²) in [4.78, 5) is 4.77. The maximum absolute atomic E-state index is 6.09. The van der Waals surface area contributed by atoms with Gasteiger partial charge in [0.25, 0.3) is 0 Å². The average molecular weight is 506 g/mol. The van der Waals surface area contributed by atoms with Crippen molar-refractivity contribution < 1.29 is 13.5 Å². The third-order valence-corrected chi connectivity index (χ3v) is 7.18. The fourth-order valence-corrected chi connectivity index (χ4v) is 5.51. The van der Waals surface area contributed by atoms with E-state index < -0.39 is 13.5 Å². The number of aryl methyl sites for hydroxylation is 5. The molecular weight excluding hydrogens is 476 g/mol. The van der Waals surface area contributed by atoms with Crippen LogP contribution < -0.4 is 9.80 Å². The van der Waals surface area contributed by atoms with E-state index in [1.807, 2.05) is 0 Å². The van der Waals surface area contributed by atoms with Crippen LogP contribution in [-0.4, -0.2) is 17.7 Å². The molecule has 156 valence electrons. The molecule has 0 unspecified atom stereocenters. The zero-order valence-corrected chi connectivity index (χ0v) is 20.8. The van der Waals surface area contributed by atoms with Gasteiger partial charge in [-0.2, -0.15) is 0 Å². The van der Waals surface area contributed by atoms with Crippen LogP contribution in [0.15, 0.2) is 24.3 Å². The Morgan fingerprint density at radius 2 is 1.32 bits per heavy atom. The average Bonchev–Trinajstić information content (AvgIpc) is 3.00. The molecule has 1 aliphatic rings. The van der Waals surface area contributed by atoms with Gasteiger partial charge >= 0.3 is 177 Å². The van der Waals surface area contributed by atoms with E-state index in [0.29, 0.717) is 0 Å². The Bertz CT molecular complexity index is 865. The van der Waals surface area contributed by atoms with Crippen molar-refractivity contribution >= 4 is 35.4 Å². The van der Waals surface area contributed by atoms with Gasteiger partial charge in [-0.3, -0.25) is 0 Å². The standard InChI is InChI=1S/C22H27N2.CH3.2ClH.Ru/c1-7-20-13-16(3)12-19(6)22(20)24-9-8-23(14-24)21-17(4)10-15(2)11-18(21)5;;;;/h1,10-14H,7-9H2,2-6H3;1H3;2*1H;/q2*-1;;;+2/p-2. The van der Waals surface area contributed by atoms with E-state index >= 15 is 0 Å². The third kappa shape index (κ3) is 5.18. The topological polar surface area (TPSA) is 6.48 Å². The Kier molecular flexibility index (Phi) is 8.14. The summed E-state index contributed by atoms with van der Waals surface area (Å²) in [7, 11) is 12.2. The van der Waals surface area contributed by atoms with Crippen molar-refractivity contribution in [3.05, 3.63) is 71.7 Å². The molecule has 1 heterocycles. The van der Waals surface area contributed by atoms with Crippen molar-refractivity contribution in [2.24, 2.45) is 0 Å². The van der Waals surface area contributed by atoms with Crippen molar-refractivity contribution in [1.29, 1.82) is 0 Å². The monoisotopic (exact) mass is 506 g/mol. The van der Waals surface area contributed by atoms with Gasteiger partial charge in [-0.1, -0.05) is 0 Å². The molecule has 0 saturated carbocycles. The maximum atomic E-state index is 6.09. The van der Waals surface area contributed by atoms with Crippen LogP contribution in [0.3, 0.4) is 0 Å². The van der Waals surface area contributed by atoms with Gasteiger partial charge in [0.05, 0.1) is 0 Å². The predicted molar refractivity (Wildman–Crippen MR) is 123 cm³/mol. The van der Waals surface area contributed by atoms with Crippen LogP contribution in [0.4, 0.5) is 11.4 Å². The van der Waals surface area contributed by atoms with Gasteiger partial charge in [0.2, 0.25) is 0 Å². The molecule has 1 fully saturated rings. The van der Waals surface area contributed by atoms with Crippen molar-refractivity contribution in [3.63, 3.8) is 0 Å². The van der Waals surface area contributed by atoms with E-state index in [0.717, 1.165) is 19.5 Å². The molecule has 1 saturated heterocycles. The number of nitrogens with zero attached hydrogens (tertiary/aromatic N) is 2. The molecular formula is C23H30Cl2N2Ru-2. The molecule has 0 aliphatic carbocycles. The van der Waals surface area contributed by atoms with Gasteiger partial charge in [0.1, 0.15) is 0 Å². The third-order valence-electron chi connectivity index (χ3n) is 5.00. The van der Waals surface area contributed by atoms with Crippen LogP contribution in [0.1, 0.15) is 33.4 Å². The number of halogens is 2. The molecule has 5 heteroatoms. The summed E-state index contributed by atoms with van der Waals surface area (Å²) in [6.45, 7) is 15.1. The largest absolute Gasteiger partial charge is 0.358 e. The number of benzene rings is 2. The van der Waals surface area contributed by atoms with Crippen LogP contribution in [0, 0.1) is 48.7 Å². The van der Waals surface area contributed by atoms with E-state index in [1.54, 1.807) is 0 Å². The molecule has 0 aromatic heterocycles. The summed E-state index contributed by atoms with van der Waals surface area (Å²) in [6.07, 6.45) is 0.830. The van der Waals surface area contributed by atoms with E-state index in [1.165, 1.54) is 44.8 Å². The minimum atomic E-state index is -1.77. The van der Waals surface area contributed by atoms with Crippen LogP contribution in [-0.2, 0) is 19.9 Å². The molecule has 3 rings (SSSR count). The molecule has 0 amide bonds. The second-order valence-electron chi connectivity index (χ2n) is 7.39. The first kappa shape index (κ1) is 23.4. The van der Waals surface area contributed by atoms with Gasteiger partial charge in [0, 0.05) is 0 Å². The summed E-state index contributed by atoms with van der Waals surface area (Å²) in [5.41, 5.74) is 10.5. The summed E-state index contributed by atoms with van der Waals surface area (Å²) in [5, 5.41) is 0. The summed E-state index contributed by atoms with van der Waals surface area (Å²) >= 11 is -1.77. The van der Waals surface area contributed by atoms with Crippen LogP contribution in [0.2, 0.25) is 0 Å². The second kappa shape index (κ2) is 9.74. The Morgan fingerprint density at radius 1 is 0.857 bits per heavy atom. The molecule has 0 N–H and O–H groups in total. The summed E-state index contributed by atoms with van der Waals surface area (Å²) < 4.78 is 2.09. The van der Waals surface area contributed by atoms with Crippen LogP contribution >= 0.6 is 19.4 Å². The smallest absolute Gasteiger partial charge is 0.358 e. The van der Waals surface area contributed by atoms with Crippen molar-refractivity contribution in [1.82, 2.24) is 0 Å². The van der Waals surface area contributed by atoms with E-state index in [2.05, 4.69) is 80.0 Å². The fourth-order valence-electron chi connectivity index (χ4n) is 4.21. The minimum Gasteiger partial charge on any atom is -0.358 e. The summed E-state index contributed by atoms with van der Waals surface area (Å²) in [6, 6.07) is 9.06. The molecule has 2 nitrogen and oxygen atoms in total. The van der Waals surface area contributed by atoms with Crippen LogP contribution in [0.25, 0.3) is 0 Å². The molecule has 0 spiro atoms. The Morgan fingerprint density at radius 3 is 1.86 bits per heavy atom. The molecule has 0 atom stereocenters. The molecule has 28 heavy (non-hydrogen) atoms. The first-order valence-corrected chi connectivity index (χ1v) is 14.6. The molecule has 1 aliphatic heterocycles. The van der Waals surface area contributed by atoms with Gasteiger partial charge in [0.15, 0.2) is 0 Å². The van der Waals surface area contributed by atoms with Crippen LogP contribution in [0.5, 0.6) is 0 Å². The normalized spacial score (nSPS) is 14.2. The quantitative estimate of drug-likeness (QED) is 0.350. The zero-order valence-electron chi connectivity index (χ0n) is 17.6. The Hall–Kier alpha value is -0.887. The second-order valence-corrected chi connectivity index (χ2v) is 13.3. The van der Waals surface area contributed by atoms with Gasteiger partial charge in [-0.15, -0.1) is 0 Å². The Balaban J connectivity index is 0.00000280. The number of anilines is 2. The fraction of sp³-hybridized carbons (Fsp3) is 0.348. The first-order chi connectivity index (χ1) is 12.8. The SMILES string of the molecule is Cc1cc(C)c(N2[CH-]N(c3c(C)cc(C)cc3C[CH]=[Ru]([Cl])[Cl])CC2)c(C)c1.[CH3-]. The Labute approximate surface area is 184 Å². The zero-order chi connectivity index (χ0) is 19.7. The van der Waals surface area contributed by atoms with Crippen molar-refractivity contribution in [2.75, 3.05) is 22.9 Å². The van der Waals surface area contributed by atoms with Crippen molar-refractivity contribution in [2.45, 2.75) is 41.0 Å². The molecule has 0 radical (unpaired) electrons. The maximum Gasteiger partial charge on any atom is -0.358 e. The number of hydrogen-bond donors (Lipinski definition) is 0.